The molecule has 102 valence electrons. The number of likely N-dealkylation sites (N-methyl/N-ethyl adjacent to an activating group) is 1. The summed E-state index contributed by atoms with van der Waals surface area (Å²) in [5, 5.41) is 0. The van der Waals surface area contributed by atoms with Crippen LogP contribution in [0.4, 0.5) is 0 Å². The molecule has 0 bridgehead atoms. The maximum Gasteiger partial charge on any atom is 0.0246 e. The molecule has 3 atom stereocenters. The van der Waals surface area contributed by atoms with E-state index in [9.17, 15) is 0 Å². The van der Waals surface area contributed by atoms with E-state index in [-0.39, 0.29) is 0 Å². The van der Waals surface area contributed by atoms with Gasteiger partial charge in [0.2, 0.25) is 0 Å². The number of rotatable bonds is 5. The lowest BCUT2D eigenvalue weighted by molar-refractivity contribution is 0.114. The van der Waals surface area contributed by atoms with Crippen molar-refractivity contribution < 1.29 is 0 Å². The van der Waals surface area contributed by atoms with E-state index in [0.29, 0.717) is 12.1 Å². The van der Waals surface area contributed by atoms with Crippen LogP contribution < -0.4 is 5.73 Å². The minimum absolute atomic E-state index is 0.391. The van der Waals surface area contributed by atoms with Crippen LogP contribution in [0, 0.1) is 17.8 Å². The fourth-order valence-electron chi connectivity index (χ4n) is 2.94. The molecule has 0 radical (unpaired) electrons. The van der Waals surface area contributed by atoms with Gasteiger partial charge in [-0.05, 0) is 57.0 Å². The quantitative estimate of drug-likeness (QED) is 0.800. The van der Waals surface area contributed by atoms with Crippen LogP contribution in [0.2, 0.25) is 0 Å². The number of nitrogens with zero attached hydrogens (tertiary/aromatic N) is 1. The van der Waals surface area contributed by atoms with Crippen LogP contribution in [0.3, 0.4) is 0 Å². The molecule has 1 aliphatic carbocycles. The van der Waals surface area contributed by atoms with Crippen LogP contribution >= 0.6 is 0 Å². The highest BCUT2D eigenvalue weighted by atomic mass is 15.1. The Labute approximate surface area is 108 Å². The van der Waals surface area contributed by atoms with Gasteiger partial charge in [0.05, 0.1) is 0 Å². The van der Waals surface area contributed by atoms with E-state index in [2.05, 4.69) is 39.6 Å². The Hall–Kier alpha value is -0.0800. The predicted octanol–water partition coefficient (Wildman–Crippen LogP) is 3.12. The average molecular weight is 240 g/mol. The van der Waals surface area contributed by atoms with E-state index in [0.717, 1.165) is 17.8 Å². The van der Waals surface area contributed by atoms with E-state index in [1.165, 1.54) is 32.2 Å². The second-order valence-corrected chi connectivity index (χ2v) is 6.71. The Balaban J connectivity index is 2.48. The highest BCUT2D eigenvalue weighted by molar-refractivity contribution is 4.89. The Morgan fingerprint density at radius 1 is 1.18 bits per heavy atom. The fourth-order valence-corrected chi connectivity index (χ4v) is 2.94. The molecule has 2 nitrogen and oxygen atoms in total. The molecule has 17 heavy (non-hydrogen) atoms. The second kappa shape index (κ2) is 6.75. The zero-order valence-electron chi connectivity index (χ0n) is 12.4. The smallest absolute Gasteiger partial charge is 0.0246 e. The SMILES string of the molecule is CC(C)CCN(C)C1CC(C(C)C)CCC1N. The Morgan fingerprint density at radius 3 is 2.35 bits per heavy atom. The van der Waals surface area contributed by atoms with E-state index in [1.54, 1.807) is 0 Å². The number of nitrogens with two attached hydrogens (primary N) is 1. The molecule has 1 fully saturated rings. The van der Waals surface area contributed by atoms with Crippen LogP contribution in [-0.2, 0) is 0 Å². The van der Waals surface area contributed by atoms with Crippen molar-refractivity contribution in [2.24, 2.45) is 23.5 Å². The summed E-state index contributed by atoms with van der Waals surface area (Å²) in [7, 11) is 2.26. The summed E-state index contributed by atoms with van der Waals surface area (Å²) in [6.07, 6.45) is 5.12. The summed E-state index contributed by atoms with van der Waals surface area (Å²) in [6.45, 7) is 10.5. The molecule has 0 aliphatic heterocycles. The third-order valence-electron chi connectivity index (χ3n) is 4.48. The molecule has 3 unspecified atom stereocenters. The van der Waals surface area contributed by atoms with E-state index >= 15 is 0 Å². The molecule has 2 heteroatoms. The second-order valence-electron chi connectivity index (χ2n) is 6.71. The molecule has 0 aromatic rings. The fraction of sp³-hybridized carbons (Fsp3) is 1.00. The van der Waals surface area contributed by atoms with Gasteiger partial charge in [-0.15, -0.1) is 0 Å². The molecule has 2 N–H and O–H groups in total. The normalized spacial score (nSPS) is 30.5. The maximum atomic E-state index is 6.31. The van der Waals surface area contributed by atoms with Crippen LogP contribution in [0.15, 0.2) is 0 Å². The molecule has 1 aliphatic rings. The largest absolute Gasteiger partial charge is 0.326 e. The Morgan fingerprint density at radius 2 is 1.82 bits per heavy atom. The lowest BCUT2D eigenvalue weighted by Gasteiger charge is -2.41. The molecule has 0 aromatic heterocycles. The lowest BCUT2D eigenvalue weighted by Crippen LogP contribution is -2.50. The molecular weight excluding hydrogens is 208 g/mol. The van der Waals surface area contributed by atoms with Crippen LogP contribution in [-0.4, -0.2) is 30.6 Å². The first-order valence-corrected chi connectivity index (χ1v) is 7.37. The van der Waals surface area contributed by atoms with Gasteiger partial charge in [0.25, 0.3) is 0 Å². The summed E-state index contributed by atoms with van der Waals surface area (Å²) in [6, 6.07) is 0.997. The topological polar surface area (TPSA) is 29.3 Å². The summed E-state index contributed by atoms with van der Waals surface area (Å²) in [4.78, 5) is 2.51. The molecule has 0 saturated heterocycles. The first-order chi connectivity index (χ1) is 7.91. The minimum atomic E-state index is 0.391. The molecule has 0 aromatic carbocycles. The van der Waals surface area contributed by atoms with Crippen molar-refractivity contribution in [3.63, 3.8) is 0 Å². The first-order valence-electron chi connectivity index (χ1n) is 7.37. The van der Waals surface area contributed by atoms with Crippen molar-refractivity contribution in [3.8, 4) is 0 Å². The number of hydrogen-bond donors (Lipinski definition) is 1. The molecule has 0 spiro atoms. The van der Waals surface area contributed by atoms with Gasteiger partial charge in [-0.2, -0.15) is 0 Å². The zero-order chi connectivity index (χ0) is 13.0. The van der Waals surface area contributed by atoms with Gasteiger partial charge in [0.15, 0.2) is 0 Å². The first kappa shape index (κ1) is 15.0. The summed E-state index contributed by atoms with van der Waals surface area (Å²) >= 11 is 0. The minimum Gasteiger partial charge on any atom is -0.326 e. The monoisotopic (exact) mass is 240 g/mol. The molecule has 1 rings (SSSR count). The van der Waals surface area contributed by atoms with Crippen LogP contribution in [0.25, 0.3) is 0 Å². The van der Waals surface area contributed by atoms with Crippen molar-refractivity contribution in [1.29, 1.82) is 0 Å². The van der Waals surface area contributed by atoms with Gasteiger partial charge in [-0.3, -0.25) is 0 Å². The van der Waals surface area contributed by atoms with Crippen molar-refractivity contribution in [2.75, 3.05) is 13.6 Å². The maximum absolute atomic E-state index is 6.31. The predicted molar refractivity (Wildman–Crippen MR) is 76.0 cm³/mol. The lowest BCUT2D eigenvalue weighted by atomic mass is 9.76. The third kappa shape index (κ3) is 4.59. The highest BCUT2D eigenvalue weighted by Crippen LogP contribution is 2.31. The third-order valence-corrected chi connectivity index (χ3v) is 4.48. The highest BCUT2D eigenvalue weighted by Gasteiger charge is 2.31. The summed E-state index contributed by atoms with van der Waals surface area (Å²) in [5.74, 6) is 2.47. The van der Waals surface area contributed by atoms with E-state index < -0.39 is 0 Å². The van der Waals surface area contributed by atoms with Crippen LogP contribution in [0.1, 0.15) is 53.4 Å². The average Bonchev–Trinajstić information content (AvgIpc) is 2.26. The molecule has 0 heterocycles. The summed E-state index contributed by atoms with van der Waals surface area (Å²) < 4.78 is 0. The molecule has 0 amide bonds. The van der Waals surface area contributed by atoms with Gasteiger partial charge in [-0.1, -0.05) is 27.7 Å². The Kier molecular flexibility index (Phi) is 5.94. The van der Waals surface area contributed by atoms with E-state index in [4.69, 9.17) is 5.73 Å². The van der Waals surface area contributed by atoms with Gasteiger partial charge in [-0.25, -0.2) is 0 Å². The van der Waals surface area contributed by atoms with Gasteiger partial charge in [0.1, 0.15) is 0 Å². The molecular formula is C15H32N2. The zero-order valence-corrected chi connectivity index (χ0v) is 12.4. The Bertz CT molecular complexity index is 213. The van der Waals surface area contributed by atoms with Crippen molar-refractivity contribution in [2.45, 2.75) is 65.5 Å². The van der Waals surface area contributed by atoms with Crippen molar-refractivity contribution >= 4 is 0 Å². The standard InChI is InChI=1S/C15H32N2/c1-11(2)8-9-17(5)15-10-13(12(3)4)6-7-14(15)16/h11-15H,6-10,16H2,1-5H3. The summed E-state index contributed by atoms with van der Waals surface area (Å²) in [5.41, 5.74) is 6.31. The van der Waals surface area contributed by atoms with Gasteiger partial charge >= 0.3 is 0 Å². The van der Waals surface area contributed by atoms with E-state index in [1.807, 2.05) is 0 Å². The number of hydrogen-bond acceptors (Lipinski definition) is 2. The van der Waals surface area contributed by atoms with Gasteiger partial charge in [0, 0.05) is 12.1 Å². The van der Waals surface area contributed by atoms with Gasteiger partial charge < -0.3 is 10.6 Å². The van der Waals surface area contributed by atoms with Crippen molar-refractivity contribution in [1.82, 2.24) is 4.90 Å². The van der Waals surface area contributed by atoms with Crippen LogP contribution in [0.5, 0.6) is 0 Å². The molecule has 1 saturated carbocycles. The van der Waals surface area contributed by atoms with Crippen molar-refractivity contribution in [3.05, 3.63) is 0 Å².